The van der Waals surface area contributed by atoms with Gasteiger partial charge in [-0.15, -0.1) is 0 Å². The molecule has 8 nitrogen and oxygen atoms in total. The van der Waals surface area contributed by atoms with Gasteiger partial charge < -0.3 is 39.7 Å². The first-order valence-electron chi connectivity index (χ1n) is 16.8. The van der Waals surface area contributed by atoms with E-state index in [1.807, 2.05) is 6.92 Å². The molecular weight excluding hydrogens is 536 g/mol. The molecule has 42 heavy (non-hydrogen) atoms. The fourth-order valence-electron chi connectivity index (χ4n) is 10.8. The fourth-order valence-corrected chi connectivity index (χ4v) is 10.8. The average Bonchev–Trinajstić information content (AvgIpc) is 3.39. The van der Waals surface area contributed by atoms with E-state index >= 15 is 0 Å². The summed E-state index contributed by atoms with van der Waals surface area (Å²) in [5.74, 6) is 2.25. The van der Waals surface area contributed by atoms with E-state index in [4.69, 9.17) is 14.2 Å². The average molecular weight is 593 g/mol. The quantitative estimate of drug-likeness (QED) is 0.283. The predicted octanol–water partition coefficient (Wildman–Crippen LogP) is 3.77. The summed E-state index contributed by atoms with van der Waals surface area (Å²) in [4.78, 5) is 0. The van der Waals surface area contributed by atoms with Gasteiger partial charge in [-0.1, -0.05) is 46.3 Å². The van der Waals surface area contributed by atoms with E-state index < -0.39 is 43.1 Å². The molecule has 0 amide bonds. The van der Waals surface area contributed by atoms with Crippen LogP contribution >= 0.6 is 0 Å². The van der Waals surface area contributed by atoms with Crippen LogP contribution in [0.5, 0.6) is 0 Å². The second-order valence-electron chi connectivity index (χ2n) is 15.9. The van der Waals surface area contributed by atoms with Crippen LogP contribution in [-0.4, -0.2) is 81.3 Å². The summed E-state index contributed by atoms with van der Waals surface area (Å²) in [6.45, 7) is 11.5. The van der Waals surface area contributed by atoms with Gasteiger partial charge in [-0.3, -0.25) is 0 Å². The van der Waals surface area contributed by atoms with Crippen LogP contribution < -0.4 is 0 Å². The SMILES string of the molecule is CC(CCC1(O)OC2CC3C4CC=C5CC(C)CCC5(C)C4CCC3(C)C2C1C)COC1OC(CO)C(O)C(O)C1O. The minimum Gasteiger partial charge on any atom is -0.394 e. The molecule has 8 heteroatoms. The second-order valence-corrected chi connectivity index (χ2v) is 15.9. The Balaban J connectivity index is 1.06. The van der Waals surface area contributed by atoms with Crippen molar-refractivity contribution in [2.24, 2.45) is 52.3 Å². The molecule has 5 N–H and O–H groups in total. The summed E-state index contributed by atoms with van der Waals surface area (Å²) in [6, 6.07) is 0. The van der Waals surface area contributed by atoms with Crippen LogP contribution in [0.15, 0.2) is 11.6 Å². The highest BCUT2D eigenvalue weighted by Crippen LogP contribution is 2.70. The zero-order valence-electron chi connectivity index (χ0n) is 26.3. The minimum atomic E-state index is -1.45. The first kappa shape index (κ1) is 31.4. The lowest BCUT2D eigenvalue weighted by Gasteiger charge is -2.58. The zero-order valence-corrected chi connectivity index (χ0v) is 26.3. The fraction of sp³-hybridized carbons (Fsp3) is 0.941. The summed E-state index contributed by atoms with van der Waals surface area (Å²) in [7, 11) is 0. The van der Waals surface area contributed by atoms with Gasteiger partial charge in [0.05, 0.1) is 19.3 Å². The van der Waals surface area contributed by atoms with E-state index in [2.05, 4.69) is 33.8 Å². The Morgan fingerprint density at radius 1 is 1.05 bits per heavy atom. The van der Waals surface area contributed by atoms with Gasteiger partial charge in [0, 0.05) is 12.3 Å². The van der Waals surface area contributed by atoms with Gasteiger partial charge in [0.2, 0.25) is 0 Å². The number of ether oxygens (including phenoxy) is 3. The number of rotatable bonds is 7. The molecule has 6 rings (SSSR count). The summed E-state index contributed by atoms with van der Waals surface area (Å²) in [5.41, 5.74) is 2.31. The number of allylic oxidation sites excluding steroid dienone is 2. The van der Waals surface area contributed by atoms with E-state index in [0.29, 0.717) is 30.1 Å². The molecule has 0 radical (unpaired) electrons. The van der Waals surface area contributed by atoms with Gasteiger partial charge >= 0.3 is 0 Å². The van der Waals surface area contributed by atoms with Crippen LogP contribution in [0.2, 0.25) is 0 Å². The molecule has 2 heterocycles. The Labute approximate surface area is 251 Å². The zero-order chi connectivity index (χ0) is 30.2. The van der Waals surface area contributed by atoms with Crippen LogP contribution in [0.4, 0.5) is 0 Å². The normalized spacial score (nSPS) is 54.4. The van der Waals surface area contributed by atoms with Gasteiger partial charge in [0.15, 0.2) is 12.1 Å². The molecule has 5 fully saturated rings. The van der Waals surface area contributed by atoms with Crippen molar-refractivity contribution in [1.82, 2.24) is 0 Å². The van der Waals surface area contributed by atoms with Gasteiger partial charge in [-0.2, -0.15) is 0 Å². The van der Waals surface area contributed by atoms with Gasteiger partial charge in [-0.25, -0.2) is 0 Å². The molecule has 0 aromatic heterocycles. The Kier molecular flexibility index (Phi) is 8.48. The topological polar surface area (TPSA) is 129 Å². The lowest BCUT2D eigenvalue weighted by Crippen LogP contribution is -2.59. The van der Waals surface area contributed by atoms with Gasteiger partial charge in [0.1, 0.15) is 24.4 Å². The maximum absolute atomic E-state index is 11.8. The highest BCUT2D eigenvalue weighted by molar-refractivity contribution is 5.26. The van der Waals surface area contributed by atoms with Crippen molar-refractivity contribution in [3.63, 3.8) is 0 Å². The number of hydrogen-bond acceptors (Lipinski definition) is 8. The molecule has 0 spiro atoms. The molecular formula is C34H56O8. The molecule has 6 aliphatic rings. The van der Waals surface area contributed by atoms with Crippen LogP contribution in [0.3, 0.4) is 0 Å². The van der Waals surface area contributed by atoms with Crippen molar-refractivity contribution in [3.05, 3.63) is 11.6 Å². The van der Waals surface area contributed by atoms with Gasteiger partial charge in [0.25, 0.3) is 0 Å². The van der Waals surface area contributed by atoms with Crippen LogP contribution in [-0.2, 0) is 14.2 Å². The number of fused-ring (bicyclic) bond motifs is 7. The Morgan fingerprint density at radius 3 is 2.55 bits per heavy atom. The second kappa shape index (κ2) is 11.3. The first-order valence-corrected chi connectivity index (χ1v) is 16.8. The maximum atomic E-state index is 11.8. The third-order valence-electron chi connectivity index (χ3n) is 13.4. The number of aliphatic hydroxyl groups excluding tert-OH is 4. The molecule has 4 aliphatic carbocycles. The van der Waals surface area contributed by atoms with Crippen molar-refractivity contribution >= 4 is 0 Å². The Hall–Kier alpha value is -0.580. The summed E-state index contributed by atoms with van der Waals surface area (Å²) in [6.07, 6.45) is 6.29. The third-order valence-corrected chi connectivity index (χ3v) is 13.4. The van der Waals surface area contributed by atoms with Crippen molar-refractivity contribution in [3.8, 4) is 0 Å². The summed E-state index contributed by atoms with van der Waals surface area (Å²) >= 11 is 0. The van der Waals surface area contributed by atoms with Crippen LogP contribution in [0.25, 0.3) is 0 Å². The van der Waals surface area contributed by atoms with Crippen molar-refractivity contribution < 1.29 is 39.7 Å². The van der Waals surface area contributed by atoms with E-state index in [1.165, 1.54) is 38.5 Å². The molecule has 2 aliphatic heterocycles. The summed E-state index contributed by atoms with van der Waals surface area (Å²) < 4.78 is 17.9. The third kappa shape index (κ3) is 4.95. The molecule has 0 aromatic carbocycles. The smallest absolute Gasteiger partial charge is 0.186 e. The number of aliphatic hydroxyl groups is 5. The lowest BCUT2D eigenvalue weighted by molar-refractivity contribution is -0.303. The molecule has 0 aromatic rings. The Bertz CT molecular complexity index is 1020. The Morgan fingerprint density at radius 2 is 1.81 bits per heavy atom. The van der Waals surface area contributed by atoms with Crippen LogP contribution in [0, 0.1) is 52.3 Å². The van der Waals surface area contributed by atoms with Crippen molar-refractivity contribution in [1.29, 1.82) is 0 Å². The maximum Gasteiger partial charge on any atom is 0.186 e. The van der Waals surface area contributed by atoms with Crippen LogP contribution in [0.1, 0.15) is 92.4 Å². The van der Waals surface area contributed by atoms with E-state index in [1.54, 1.807) is 5.57 Å². The molecule has 3 saturated carbocycles. The standard InChI is InChI=1S/C34H56O8/c1-18-8-11-32(4)21(14-18)6-7-22-23(32)10-12-33(5)24(22)15-25-27(33)20(3)34(39,42-25)13-9-19(2)17-40-31-30(38)29(37)28(36)26(16-35)41-31/h6,18-20,22-31,35-39H,7-17H2,1-5H3. The van der Waals surface area contributed by atoms with E-state index in [-0.39, 0.29) is 30.0 Å². The monoisotopic (exact) mass is 592 g/mol. The molecule has 0 bridgehead atoms. The number of hydrogen-bond donors (Lipinski definition) is 5. The minimum absolute atomic E-state index is 0.0404. The molecule has 240 valence electrons. The van der Waals surface area contributed by atoms with Gasteiger partial charge in [-0.05, 0) is 97.7 Å². The molecule has 16 atom stereocenters. The molecule has 2 saturated heterocycles. The van der Waals surface area contributed by atoms with E-state index in [0.717, 1.165) is 24.2 Å². The molecule has 16 unspecified atom stereocenters. The predicted molar refractivity (Wildman–Crippen MR) is 157 cm³/mol. The van der Waals surface area contributed by atoms with Crippen molar-refractivity contribution in [2.45, 2.75) is 135 Å². The van der Waals surface area contributed by atoms with Crippen molar-refractivity contribution in [2.75, 3.05) is 13.2 Å². The van der Waals surface area contributed by atoms with E-state index in [9.17, 15) is 25.5 Å². The highest BCUT2D eigenvalue weighted by Gasteiger charge is 2.67. The highest BCUT2D eigenvalue weighted by atomic mass is 16.7. The summed E-state index contributed by atoms with van der Waals surface area (Å²) in [5, 5.41) is 51.6. The first-order chi connectivity index (χ1) is 19.8. The largest absolute Gasteiger partial charge is 0.394 e. The lowest BCUT2D eigenvalue weighted by atomic mass is 9.46.